The van der Waals surface area contributed by atoms with Gasteiger partial charge in [-0.15, -0.1) is 11.3 Å². The van der Waals surface area contributed by atoms with E-state index in [9.17, 15) is 9.90 Å². The van der Waals surface area contributed by atoms with E-state index >= 15 is 0 Å². The zero-order valence-corrected chi connectivity index (χ0v) is 11.7. The van der Waals surface area contributed by atoms with Crippen LogP contribution in [0.4, 0.5) is 5.13 Å². The summed E-state index contributed by atoms with van der Waals surface area (Å²) in [5.41, 5.74) is 1.59. The average Bonchev–Trinajstić information content (AvgIpc) is 2.80. The first kappa shape index (κ1) is 13.5. The average molecular weight is 276 g/mol. The van der Waals surface area contributed by atoms with E-state index in [0.29, 0.717) is 16.6 Å². The number of benzene rings is 1. The molecule has 1 aromatic carbocycles. The molecule has 2 N–H and O–H groups in total. The van der Waals surface area contributed by atoms with Crippen LogP contribution in [-0.2, 0) is 11.2 Å². The summed E-state index contributed by atoms with van der Waals surface area (Å²) < 4.78 is 0. The molecule has 0 aliphatic carbocycles. The first-order valence-electron chi connectivity index (χ1n) is 6.08. The Labute approximate surface area is 116 Å². The number of nitrogens with zero attached hydrogens (tertiary/aromatic N) is 1. The van der Waals surface area contributed by atoms with Crippen LogP contribution in [0.2, 0.25) is 0 Å². The van der Waals surface area contributed by atoms with Crippen LogP contribution >= 0.6 is 11.3 Å². The highest BCUT2D eigenvalue weighted by atomic mass is 32.1. The molecule has 0 radical (unpaired) electrons. The first-order chi connectivity index (χ1) is 9.06. The van der Waals surface area contributed by atoms with Crippen molar-refractivity contribution in [1.82, 2.24) is 4.98 Å². The van der Waals surface area contributed by atoms with Gasteiger partial charge in [0.1, 0.15) is 5.75 Å². The first-order valence-corrected chi connectivity index (χ1v) is 6.96. The van der Waals surface area contributed by atoms with Gasteiger partial charge < -0.3 is 10.4 Å². The van der Waals surface area contributed by atoms with Crippen molar-refractivity contribution in [2.24, 2.45) is 0 Å². The number of para-hydroxylation sites is 1. The van der Waals surface area contributed by atoms with Crippen molar-refractivity contribution in [2.75, 3.05) is 5.32 Å². The number of hydrogen-bond donors (Lipinski definition) is 2. The number of nitrogens with one attached hydrogen (secondary N) is 1. The van der Waals surface area contributed by atoms with Gasteiger partial charge in [-0.1, -0.05) is 32.0 Å². The Hall–Kier alpha value is -1.88. The summed E-state index contributed by atoms with van der Waals surface area (Å²) in [7, 11) is 0. The molecular formula is C14H16N2O2S. The molecule has 0 saturated heterocycles. The molecule has 5 heteroatoms. The van der Waals surface area contributed by atoms with Gasteiger partial charge in [0.25, 0.3) is 0 Å². The third kappa shape index (κ3) is 3.54. The minimum absolute atomic E-state index is 0.139. The molecule has 0 aliphatic rings. The normalized spacial score (nSPS) is 10.7. The van der Waals surface area contributed by atoms with Crippen molar-refractivity contribution < 1.29 is 9.90 Å². The van der Waals surface area contributed by atoms with Crippen molar-refractivity contribution in [1.29, 1.82) is 0 Å². The van der Waals surface area contributed by atoms with Crippen molar-refractivity contribution in [3.63, 3.8) is 0 Å². The van der Waals surface area contributed by atoms with Gasteiger partial charge in [-0.25, -0.2) is 4.98 Å². The molecule has 4 nitrogen and oxygen atoms in total. The summed E-state index contributed by atoms with van der Waals surface area (Å²) in [5.74, 6) is 0.311. The van der Waals surface area contributed by atoms with Crippen LogP contribution in [0.1, 0.15) is 31.0 Å². The lowest BCUT2D eigenvalue weighted by molar-refractivity contribution is -0.115. The highest BCUT2D eigenvalue weighted by molar-refractivity contribution is 7.13. The largest absolute Gasteiger partial charge is 0.508 e. The Morgan fingerprint density at radius 1 is 1.42 bits per heavy atom. The van der Waals surface area contributed by atoms with Gasteiger partial charge in [-0.05, 0) is 12.0 Å². The number of rotatable bonds is 4. The molecule has 1 amide bonds. The van der Waals surface area contributed by atoms with Crippen LogP contribution in [0.25, 0.3) is 0 Å². The predicted molar refractivity (Wildman–Crippen MR) is 76.6 cm³/mol. The van der Waals surface area contributed by atoms with E-state index in [0.717, 1.165) is 5.69 Å². The maximum Gasteiger partial charge on any atom is 0.230 e. The van der Waals surface area contributed by atoms with Crippen molar-refractivity contribution >= 4 is 22.4 Å². The lowest BCUT2D eigenvalue weighted by Crippen LogP contribution is -2.14. The molecule has 2 aromatic rings. The number of carbonyl (C=O) groups is 1. The molecule has 100 valence electrons. The molecule has 0 bridgehead atoms. The molecule has 0 fully saturated rings. The second-order valence-corrected chi connectivity index (χ2v) is 5.44. The van der Waals surface area contributed by atoms with Gasteiger partial charge in [0.05, 0.1) is 12.1 Å². The van der Waals surface area contributed by atoms with E-state index in [1.807, 2.05) is 5.38 Å². The summed E-state index contributed by atoms with van der Waals surface area (Å²) >= 11 is 1.42. The van der Waals surface area contributed by atoms with Crippen LogP contribution in [0.15, 0.2) is 29.6 Å². The number of carbonyl (C=O) groups excluding carboxylic acids is 1. The van der Waals surface area contributed by atoms with Gasteiger partial charge in [-0.2, -0.15) is 0 Å². The van der Waals surface area contributed by atoms with E-state index in [2.05, 4.69) is 24.1 Å². The molecule has 1 heterocycles. The fourth-order valence-corrected chi connectivity index (χ4v) is 2.49. The second kappa shape index (κ2) is 5.84. The highest BCUT2D eigenvalue weighted by Gasteiger charge is 2.10. The van der Waals surface area contributed by atoms with Gasteiger partial charge in [0.15, 0.2) is 5.13 Å². The van der Waals surface area contributed by atoms with Crippen LogP contribution in [0.3, 0.4) is 0 Å². The van der Waals surface area contributed by atoms with Crippen LogP contribution < -0.4 is 5.32 Å². The minimum atomic E-state index is -0.175. The number of amides is 1. The number of phenolic OH excluding ortho intramolecular Hbond substituents is 1. The highest BCUT2D eigenvalue weighted by Crippen LogP contribution is 2.22. The van der Waals surface area contributed by atoms with Crippen molar-refractivity contribution in [3.05, 3.63) is 40.9 Å². The van der Waals surface area contributed by atoms with Crippen LogP contribution in [0, 0.1) is 0 Å². The standard InChI is InChI=1S/C14H16N2O2S/c1-9(2)11-8-19-14(15-11)16-13(18)7-10-5-3-4-6-12(10)17/h3-6,8-9,17H,7H2,1-2H3,(H,15,16,18). The van der Waals surface area contributed by atoms with E-state index < -0.39 is 0 Å². The minimum Gasteiger partial charge on any atom is -0.508 e. The predicted octanol–water partition coefficient (Wildman–Crippen LogP) is 3.15. The van der Waals surface area contributed by atoms with E-state index in [-0.39, 0.29) is 18.1 Å². The molecule has 19 heavy (non-hydrogen) atoms. The van der Waals surface area contributed by atoms with E-state index in [1.165, 1.54) is 11.3 Å². The Kier molecular flexibility index (Phi) is 4.16. The number of hydrogen-bond acceptors (Lipinski definition) is 4. The second-order valence-electron chi connectivity index (χ2n) is 4.59. The molecule has 2 rings (SSSR count). The summed E-state index contributed by atoms with van der Waals surface area (Å²) in [6.45, 7) is 4.12. The number of thiazole rings is 1. The number of anilines is 1. The maximum absolute atomic E-state index is 11.9. The van der Waals surface area contributed by atoms with E-state index in [4.69, 9.17) is 0 Å². The molecular weight excluding hydrogens is 260 g/mol. The number of aromatic nitrogens is 1. The van der Waals surface area contributed by atoms with Gasteiger partial charge in [0, 0.05) is 10.9 Å². The molecule has 1 aromatic heterocycles. The van der Waals surface area contributed by atoms with Gasteiger partial charge >= 0.3 is 0 Å². The lowest BCUT2D eigenvalue weighted by atomic mass is 10.1. The Bertz CT molecular complexity index is 578. The maximum atomic E-state index is 11.9. The van der Waals surface area contributed by atoms with Crippen molar-refractivity contribution in [2.45, 2.75) is 26.2 Å². The quantitative estimate of drug-likeness (QED) is 0.901. The lowest BCUT2D eigenvalue weighted by Gasteiger charge is -2.04. The van der Waals surface area contributed by atoms with Gasteiger partial charge in [-0.3, -0.25) is 4.79 Å². The summed E-state index contributed by atoms with van der Waals surface area (Å²) in [6, 6.07) is 6.83. The number of phenols is 1. The van der Waals surface area contributed by atoms with Crippen LogP contribution in [-0.4, -0.2) is 16.0 Å². The monoisotopic (exact) mass is 276 g/mol. The van der Waals surface area contributed by atoms with Crippen LogP contribution in [0.5, 0.6) is 5.75 Å². The molecule has 0 atom stereocenters. The zero-order valence-electron chi connectivity index (χ0n) is 10.9. The molecule has 0 unspecified atom stereocenters. The van der Waals surface area contributed by atoms with E-state index in [1.54, 1.807) is 24.3 Å². The smallest absolute Gasteiger partial charge is 0.230 e. The summed E-state index contributed by atoms with van der Waals surface area (Å²) in [4.78, 5) is 16.2. The zero-order chi connectivity index (χ0) is 13.8. The SMILES string of the molecule is CC(C)c1csc(NC(=O)Cc2ccccc2O)n1. The molecule has 0 aliphatic heterocycles. The Morgan fingerprint density at radius 2 is 2.16 bits per heavy atom. The third-order valence-corrected chi connectivity index (χ3v) is 3.48. The topological polar surface area (TPSA) is 62.2 Å². The fraction of sp³-hybridized carbons (Fsp3) is 0.286. The summed E-state index contributed by atoms with van der Waals surface area (Å²) in [6.07, 6.45) is 0.142. The summed E-state index contributed by atoms with van der Waals surface area (Å²) in [5, 5.41) is 14.9. The van der Waals surface area contributed by atoms with Gasteiger partial charge in [0.2, 0.25) is 5.91 Å². The number of aromatic hydroxyl groups is 1. The molecule has 0 saturated carbocycles. The van der Waals surface area contributed by atoms with Crippen molar-refractivity contribution in [3.8, 4) is 5.75 Å². The fourth-order valence-electron chi connectivity index (χ4n) is 1.61. The molecule has 0 spiro atoms. The third-order valence-electron chi connectivity index (χ3n) is 2.70. The Morgan fingerprint density at radius 3 is 2.79 bits per heavy atom. The Balaban J connectivity index is 1.99.